The normalized spacial score (nSPS) is 13.5. The molecule has 1 heterocycles. The van der Waals surface area contributed by atoms with Gasteiger partial charge in [0, 0.05) is 25.8 Å². The van der Waals surface area contributed by atoms with Crippen molar-refractivity contribution >= 4 is 17.6 Å². The molecular formula is C19H22N4O. The lowest BCUT2D eigenvalue weighted by molar-refractivity contribution is -0.120. The zero-order valence-corrected chi connectivity index (χ0v) is 13.8. The highest BCUT2D eigenvalue weighted by Gasteiger charge is 2.22. The number of nitrogens with one attached hydrogen (secondary N) is 2. The number of rotatable bonds is 4. The molecule has 0 atom stereocenters. The van der Waals surface area contributed by atoms with Gasteiger partial charge in [0.15, 0.2) is 5.96 Å². The number of fused-ring (bicyclic) bond motifs is 1. The van der Waals surface area contributed by atoms with Crippen molar-refractivity contribution in [3.05, 3.63) is 65.7 Å². The maximum absolute atomic E-state index is 12.1. The summed E-state index contributed by atoms with van der Waals surface area (Å²) in [6.45, 7) is 1.62. The van der Waals surface area contributed by atoms with Crippen LogP contribution in [0.5, 0.6) is 0 Å². The first-order valence-corrected chi connectivity index (χ1v) is 8.14. The van der Waals surface area contributed by atoms with Crippen molar-refractivity contribution in [3.8, 4) is 0 Å². The standard InChI is InChI=1S/C19H22N4O/c1-20-19(23-12-11-16-9-5-6-10-17(16)23)22-14-18(24)21-13-15-7-3-2-4-8-15/h2-10H,11-14H2,1H3,(H,20,22)(H,21,24). The van der Waals surface area contributed by atoms with Gasteiger partial charge in [0.05, 0.1) is 6.54 Å². The van der Waals surface area contributed by atoms with Crippen LogP contribution in [0.15, 0.2) is 59.6 Å². The highest BCUT2D eigenvalue weighted by molar-refractivity contribution is 5.99. The van der Waals surface area contributed by atoms with E-state index in [1.807, 2.05) is 36.4 Å². The van der Waals surface area contributed by atoms with Crippen LogP contribution >= 0.6 is 0 Å². The van der Waals surface area contributed by atoms with E-state index >= 15 is 0 Å². The summed E-state index contributed by atoms with van der Waals surface area (Å²) >= 11 is 0. The van der Waals surface area contributed by atoms with E-state index in [0.29, 0.717) is 6.54 Å². The van der Waals surface area contributed by atoms with Crippen molar-refractivity contribution in [1.82, 2.24) is 10.6 Å². The molecule has 1 aliphatic heterocycles. The molecular weight excluding hydrogens is 300 g/mol. The van der Waals surface area contributed by atoms with Gasteiger partial charge in [-0.05, 0) is 23.6 Å². The zero-order valence-electron chi connectivity index (χ0n) is 13.8. The predicted molar refractivity (Wildman–Crippen MR) is 97.1 cm³/mol. The second kappa shape index (κ2) is 7.64. The van der Waals surface area contributed by atoms with E-state index < -0.39 is 0 Å². The summed E-state index contributed by atoms with van der Waals surface area (Å²) in [5.74, 6) is 0.683. The first kappa shape index (κ1) is 16.1. The Morgan fingerprint density at radius 1 is 1.08 bits per heavy atom. The van der Waals surface area contributed by atoms with E-state index in [0.717, 1.165) is 30.2 Å². The van der Waals surface area contributed by atoms with E-state index in [2.05, 4.69) is 38.7 Å². The number of nitrogens with zero attached hydrogens (tertiary/aromatic N) is 2. The molecule has 0 saturated carbocycles. The minimum Gasteiger partial charge on any atom is -0.350 e. The van der Waals surface area contributed by atoms with Gasteiger partial charge >= 0.3 is 0 Å². The predicted octanol–water partition coefficient (Wildman–Crippen LogP) is 1.94. The Hall–Kier alpha value is -2.82. The van der Waals surface area contributed by atoms with Gasteiger partial charge in [-0.1, -0.05) is 48.5 Å². The van der Waals surface area contributed by atoms with Crippen LogP contribution in [0.4, 0.5) is 5.69 Å². The fourth-order valence-corrected chi connectivity index (χ4v) is 2.87. The number of anilines is 1. The smallest absolute Gasteiger partial charge is 0.239 e. The van der Waals surface area contributed by atoms with E-state index in [9.17, 15) is 4.79 Å². The maximum Gasteiger partial charge on any atom is 0.239 e. The number of aliphatic imine (C=N–C) groups is 1. The van der Waals surface area contributed by atoms with Gasteiger partial charge in [0.2, 0.25) is 5.91 Å². The van der Waals surface area contributed by atoms with Gasteiger partial charge in [0.25, 0.3) is 0 Å². The molecule has 0 aromatic heterocycles. The largest absolute Gasteiger partial charge is 0.350 e. The van der Waals surface area contributed by atoms with Gasteiger partial charge in [-0.25, -0.2) is 0 Å². The lowest BCUT2D eigenvalue weighted by Gasteiger charge is -2.22. The number of hydrogen-bond acceptors (Lipinski definition) is 2. The van der Waals surface area contributed by atoms with Crippen molar-refractivity contribution in [3.63, 3.8) is 0 Å². The molecule has 0 spiro atoms. The van der Waals surface area contributed by atoms with E-state index in [4.69, 9.17) is 0 Å². The van der Waals surface area contributed by atoms with Crippen molar-refractivity contribution in [2.24, 2.45) is 4.99 Å². The Morgan fingerprint density at radius 3 is 2.62 bits per heavy atom. The molecule has 0 saturated heterocycles. The van der Waals surface area contributed by atoms with Crippen molar-refractivity contribution in [1.29, 1.82) is 0 Å². The number of para-hydroxylation sites is 1. The molecule has 2 N–H and O–H groups in total. The highest BCUT2D eigenvalue weighted by Crippen LogP contribution is 2.27. The van der Waals surface area contributed by atoms with E-state index in [1.165, 1.54) is 5.56 Å². The third kappa shape index (κ3) is 3.74. The molecule has 0 bridgehead atoms. The molecule has 24 heavy (non-hydrogen) atoms. The fraction of sp³-hybridized carbons (Fsp3) is 0.263. The number of hydrogen-bond donors (Lipinski definition) is 2. The third-order valence-electron chi connectivity index (χ3n) is 4.09. The lowest BCUT2D eigenvalue weighted by Crippen LogP contribution is -2.45. The topological polar surface area (TPSA) is 56.7 Å². The van der Waals surface area contributed by atoms with Gasteiger partial charge in [0.1, 0.15) is 0 Å². The van der Waals surface area contributed by atoms with Crippen LogP contribution in [-0.2, 0) is 17.8 Å². The summed E-state index contributed by atoms with van der Waals surface area (Å²) in [4.78, 5) is 18.5. The average molecular weight is 322 g/mol. The minimum atomic E-state index is -0.0486. The molecule has 2 aromatic rings. The summed E-state index contributed by atoms with van der Waals surface area (Å²) in [5, 5.41) is 6.07. The van der Waals surface area contributed by atoms with Gasteiger partial charge in [-0.3, -0.25) is 9.79 Å². The molecule has 0 radical (unpaired) electrons. The van der Waals surface area contributed by atoms with Crippen LogP contribution in [-0.4, -0.2) is 32.0 Å². The first-order valence-electron chi connectivity index (χ1n) is 8.14. The van der Waals surface area contributed by atoms with E-state index in [1.54, 1.807) is 7.05 Å². The Balaban J connectivity index is 1.53. The molecule has 5 nitrogen and oxygen atoms in total. The number of carbonyl (C=O) groups excluding carboxylic acids is 1. The summed E-state index contributed by atoms with van der Waals surface area (Å²) in [6, 6.07) is 18.2. The maximum atomic E-state index is 12.1. The molecule has 3 rings (SSSR count). The average Bonchev–Trinajstić information content (AvgIpc) is 3.06. The van der Waals surface area contributed by atoms with E-state index in [-0.39, 0.29) is 12.5 Å². The van der Waals surface area contributed by atoms with Crippen molar-refractivity contribution in [2.45, 2.75) is 13.0 Å². The van der Waals surface area contributed by atoms with Crippen LogP contribution < -0.4 is 15.5 Å². The molecule has 0 fully saturated rings. The fourth-order valence-electron chi connectivity index (χ4n) is 2.87. The second-order valence-corrected chi connectivity index (χ2v) is 5.69. The zero-order chi connectivity index (χ0) is 16.8. The summed E-state index contributed by atoms with van der Waals surface area (Å²) in [7, 11) is 1.74. The number of benzene rings is 2. The van der Waals surface area contributed by atoms with Crippen LogP contribution in [0, 0.1) is 0 Å². The molecule has 0 aliphatic carbocycles. The number of guanidine groups is 1. The minimum absolute atomic E-state index is 0.0486. The molecule has 1 aliphatic rings. The summed E-state index contributed by atoms with van der Waals surface area (Å²) < 4.78 is 0. The highest BCUT2D eigenvalue weighted by atomic mass is 16.1. The van der Waals surface area contributed by atoms with Gasteiger partial charge in [-0.2, -0.15) is 0 Å². The Morgan fingerprint density at radius 2 is 1.83 bits per heavy atom. The Kier molecular flexibility index (Phi) is 5.11. The number of carbonyl (C=O) groups is 1. The van der Waals surface area contributed by atoms with Gasteiger partial charge in [-0.15, -0.1) is 0 Å². The van der Waals surface area contributed by atoms with Gasteiger partial charge < -0.3 is 15.5 Å². The van der Waals surface area contributed by atoms with Crippen LogP contribution in [0.2, 0.25) is 0 Å². The molecule has 1 amide bonds. The molecule has 2 aromatic carbocycles. The first-order chi connectivity index (χ1) is 11.8. The Bertz CT molecular complexity index is 727. The van der Waals surface area contributed by atoms with Crippen molar-refractivity contribution < 1.29 is 4.79 Å². The van der Waals surface area contributed by atoms with Crippen LogP contribution in [0.25, 0.3) is 0 Å². The Labute approximate surface area is 142 Å². The second-order valence-electron chi connectivity index (χ2n) is 5.69. The van der Waals surface area contributed by atoms with Crippen LogP contribution in [0.1, 0.15) is 11.1 Å². The number of amides is 1. The quantitative estimate of drug-likeness (QED) is 0.668. The molecule has 5 heteroatoms. The van der Waals surface area contributed by atoms with Crippen LogP contribution in [0.3, 0.4) is 0 Å². The lowest BCUT2D eigenvalue weighted by atomic mass is 10.2. The monoisotopic (exact) mass is 322 g/mol. The summed E-state index contributed by atoms with van der Waals surface area (Å²) in [5.41, 5.74) is 3.56. The van der Waals surface area contributed by atoms with Crippen molar-refractivity contribution in [2.75, 3.05) is 25.0 Å². The SMILES string of the molecule is CN=C(NCC(=O)NCc1ccccc1)N1CCc2ccccc21. The molecule has 0 unspecified atom stereocenters. The summed E-state index contributed by atoms with van der Waals surface area (Å²) in [6.07, 6.45) is 0.997. The third-order valence-corrected chi connectivity index (χ3v) is 4.09. The molecule has 124 valence electrons.